The molecule has 184 valence electrons. The number of methoxy groups -OCH3 is 1. The number of halogens is 2. The number of amides is 2. The van der Waals surface area contributed by atoms with E-state index < -0.39 is 17.9 Å². The largest absolute Gasteiger partial charge is 0.465 e. The highest BCUT2D eigenvalue weighted by atomic mass is 35.5. The topological polar surface area (TPSA) is 79.0 Å². The molecule has 0 bridgehead atoms. The summed E-state index contributed by atoms with van der Waals surface area (Å²) in [5, 5.41) is 4.58. The van der Waals surface area contributed by atoms with Gasteiger partial charge in [-0.2, -0.15) is 0 Å². The van der Waals surface area contributed by atoms with Crippen molar-refractivity contribution < 1.29 is 19.1 Å². The molecule has 3 aromatic carbocycles. The molecule has 10 heteroatoms. The van der Waals surface area contributed by atoms with Gasteiger partial charge < -0.3 is 15.0 Å². The third-order valence-corrected chi connectivity index (χ3v) is 6.51. The van der Waals surface area contributed by atoms with E-state index >= 15 is 0 Å². The van der Waals surface area contributed by atoms with Gasteiger partial charge in [-0.1, -0.05) is 35.3 Å². The second kappa shape index (κ2) is 11.1. The first kappa shape index (κ1) is 25.6. The van der Waals surface area contributed by atoms with E-state index in [-0.39, 0.29) is 24.0 Å². The summed E-state index contributed by atoms with van der Waals surface area (Å²) >= 11 is 17.7. The molecule has 1 N–H and O–H groups in total. The highest BCUT2D eigenvalue weighted by molar-refractivity contribution is 7.80. The van der Waals surface area contributed by atoms with Gasteiger partial charge in [-0.05, 0) is 78.4 Å². The van der Waals surface area contributed by atoms with Crippen LogP contribution in [0, 0.1) is 0 Å². The van der Waals surface area contributed by atoms with Gasteiger partial charge >= 0.3 is 5.97 Å². The standard InChI is InChI=1S/C26H21Cl2N3O4S/c1-35-25(34)17-4-12-21(13-5-17)31-23(32)14-22(24(31)33)30(15-16-2-6-18(27)7-3-16)26(36)29-20-10-8-19(28)9-11-20/h2-13,22H,14-15H2,1H3,(H,29,36). The second-order valence-corrected chi connectivity index (χ2v) is 9.28. The minimum atomic E-state index is -0.833. The molecule has 1 aliphatic rings. The van der Waals surface area contributed by atoms with Gasteiger partial charge in [0.15, 0.2) is 5.11 Å². The predicted molar refractivity (Wildman–Crippen MR) is 143 cm³/mol. The van der Waals surface area contributed by atoms with E-state index in [2.05, 4.69) is 5.32 Å². The molecule has 0 aliphatic carbocycles. The number of hydrogen-bond acceptors (Lipinski definition) is 5. The third-order valence-electron chi connectivity index (χ3n) is 5.67. The van der Waals surface area contributed by atoms with Crippen molar-refractivity contribution in [3.05, 3.63) is 94.0 Å². The Morgan fingerprint density at radius 3 is 2.17 bits per heavy atom. The highest BCUT2D eigenvalue weighted by Gasteiger charge is 2.43. The number of carbonyl (C=O) groups excluding carboxylic acids is 3. The molecule has 7 nitrogen and oxygen atoms in total. The molecular formula is C26H21Cl2N3O4S. The minimum Gasteiger partial charge on any atom is -0.465 e. The van der Waals surface area contributed by atoms with E-state index in [4.69, 9.17) is 40.2 Å². The number of esters is 1. The van der Waals surface area contributed by atoms with E-state index in [0.717, 1.165) is 10.5 Å². The molecule has 1 heterocycles. The molecule has 4 rings (SSSR count). The van der Waals surface area contributed by atoms with E-state index in [9.17, 15) is 14.4 Å². The molecule has 0 aromatic heterocycles. The predicted octanol–water partition coefficient (Wildman–Crippen LogP) is 5.31. The number of hydrogen-bond donors (Lipinski definition) is 1. The maximum atomic E-state index is 13.5. The fourth-order valence-electron chi connectivity index (χ4n) is 3.83. The van der Waals surface area contributed by atoms with Crippen molar-refractivity contribution in [3.8, 4) is 0 Å². The van der Waals surface area contributed by atoms with Gasteiger partial charge in [0.25, 0.3) is 5.91 Å². The van der Waals surface area contributed by atoms with Gasteiger partial charge in [0.05, 0.1) is 24.8 Å². The van der Waals surface area contributed by atoms with Crippen molar-refractivity contribution in [2.24, 2.45) is 0 Å². The number of nitrogens with zero attached hydrogens (tertiary/aromatic N) is 2. The summed E-state index contributed by atoms with van der Waals surface area (Å²) in [6.45, 7) is 0.273. The van der Waals surface area contributed by atoms with Crippen LogP contribution in [0.3, 0.4) is 0 Å². The fraction of sp³-hybridized carbons (Fsp3) is 0.154. The lowest BCUT2D eigenvalue weighted by Gasteiger charge is -2.30. The molecule has 1 atom stereocenters. The summed E-state index contributed by atoms with van der Waals surface area (Å²) in [4.78, 5) is 41.1. The fourth-order valence-corrected chi connectivity index (χ4v) is 4.40. The number of carbonyl (C=O) groups is 3. The maximum absolute atomic E-state index is 13.5. The van der Waals surface area contributed by atoms with Gasteiger partial charge in [0, 0.05) is 22.3 Å². The molecule has 1 fully saturated rings. The molecule has 0 saturated carbocycles. The Kier molecular flexibility index (Phi) is 7.88. The van der Waals surface area contributed by atoms with Crippen LogP contribution in [0.2, 0.25) is 10.0 Å². The van der Waals surface area contributed by atoms with Gasteiger partial charge in [-0.15, -0.1) is 0 Å². The van der Waals surface area contributed by atoms with Gasteiger partial charge in [0.2, 0.25) is 5.91 Å². The number of ether oxygens (including phenoxy) is 1. The monoisotopic (exact) mass is 541 g/mol. The number of imide groups is 1. The van der Waals surface area contributed by atoms with Crippen LogP contribution in [0.25, 0.3) is 0 Å². The molecule has 36 heavy (non-hydrogen) atoms. The Morgan fingerprint density at radius 1 is 1.00 bits per heavy atom. The van der Waals surface area contributed by atoms with Crippen LogP contribution in [0.5, 0.6) is 0 Å². The lowest BCUT2D eigenvalue weighted by molar-refractivity contribution is -0.122. The lowest BCUT2D eigenvalue weighted by atomic mass is 10.1. The molecule has 1 unspecified atom stereocenters. The smallest absolute Gasteiger partial charge is 0.337 e. The number of anilines is 2. The average Bonchev–Trinajstić information content (AvgIpc) is 3.17. The van der Waals surface area contributed by atoms with Crippen molar-refractivity contribution in [3.63, 3.8) is 0 Å². The summed E-state index contributed by atoms with van der Waals surface area (Å²) < 4.78 is 4.71. The molecule has 1 aliphatic heterocycles. The molecule has 0 radical (unpaired) electrons. The molecule has 1 saturated heterocycles. The summed E-state index contributed by atoms with van der Waals surface area (Å²) in [6, 6.07) is 19.4. The van der Waals surface area contributed by atoms with Crippen LogP contribution in [-0.4, -0.2) is 40.9 Å². The van der Waals surface area contributed by atoms with Crippen molar-refractivity contribution >= 4 is 69.7 Å². The highest BCUT2D eigenvalue weighted by Crippen LogP contribution is 2.28. The van der Waals surface area contributed by atoms with Crippen molar-refractivity contribution in [2.45, 2.75) is 19.0 Å². The Bertz CT molecular complexity index is 1300. The Balaban J connectivity index is 1.61. The number of nitrogens with one attached hydrogen (secondary N) is 1. The zero-order valence-electron chi connectivity index (χ0n) is 19.1. The first-order valence-corrected chi connectivity index (χ1v) is 12.1. The van der Waals surface area contributed by atoms with Gasteiger partial charge in [0.1, 0.15) is 6.04 Å². The average molecular weight is 542 g/mol. The third kappa shape index (κ3) is 5.67. The van der Waals surface area contributed by atoms with Gasteiger partial charge in [-0.3, -0.25) is 9.59 Å². The minimum absolute atomic E-state index is 0.0619. The van der Waals surface area contributed by atoms with E-state index in [1.165, 1.54) is 31.4 Å². The zero-order chi connectivity index (χ0) is 25.8. The maximum Gasteiger partial charge on any atom is 0.337 e. The van der Waals surface area contributed by atoms with Crippen LogP contribution < -0.4 is 10.2 Å². The lowest BCUT2D eigenvalue weighted by Crippen LogP contribution is -2.46. The molecular weight excluding hydrogens is 521 g/mol. The van der Waals surface area contributed by atoms with E-state index in [1.54, 1.807) is 41.3 Å². The Morgan fingerprint density at radius 2 is 1.58 bits per heavy atom. The van der Waals surface area contributed by atoms with Crippen LogP contribution in [0.4, 0.5) is 11.4 Å². The molecule has 2 amide bonds. The van der Waals surface area contributed by atoms with Crippen LogP contribution in [0.1, 0.15) is 22.3 Å². The van der Waals surface area contributed by atoms with Crippen molar-refractivity contribution in [2.75, 3.05) is 17.3 Å². The summed E-state index contributed by atoms with van der Waals surface area (Å²) in [6.07, 6.45) is -0.0619. The number of benzene rings is 3. The summed E-state index contributed by atoms with van der Waals surface area (Å²) in [5.74, 6) is -1.29. The second-order valence-electron chi connectivity index (χ2n) is 8.02. The molecule has 3 aromatic rings. The van der Waals surface area contributed by atoms with Crippen LogP contribution in [0.15, 0.2) is 72.8 Å². The molecule has 0 spiro atoms. The first-order chi connectivity index (χ1) is 17.3. The van der Waals surface area contributed by atoms with E-state index in [0.29, 0.717) is 27.0 Å². The normalized spacial score (nSPS) is 15.1. The van der Waals surface area contributed by atoms with E-state index in [1.807, 2.05) is 12.1 Å². The van der Waals surface area contributed by atoms with Crippen molar-refractivity contribution in [1.82, 2.24) is 4.90 Å². The Hall–Kier alpha value is -3.46. The quantitative estimate of drug-likeness (QED) is 0.257. The number of thiocarbonyl (C=S) groups is 1. The van der Waals surface area contributed by atoms with Crippen LogP contribution >= 0.6 is 35.4 Å². The Labute approximate surface area is 223 Å². The summed E-state index contributed by atoms with van der Waals surface area (Å²) in [7, 11) is 1.28. The first-order valence-electron chi connectivity index (χ1n) is 10.9. The number of rotatable bonds is 6. The van der Waals surface area contributed by atoms with Crippen molar-refractivity contribution in [1.29, 1.82) is 0 Å². The summed E-state index contributed by atoms with van der Waals surface area (Å²) in [5.41, 5.74) is 2.23. The van der Waals surface area contributed by atoms with Gasteiger partial charge in [-0.25, -0.2) is 9.69 Å². The van der Waals surface area contributed by atoms with Crippen LogP contribution in [-0.2, 0) is 20.9 Å². The zero-order valence-corrected chi connectivity index (χ0v) is 21.4. The SMILES string of the molecule is COC(=O)c1ccc(N2C(=O)CC(N(Cc3ccc(Cl)cc3)C(=S)Nc3ccc(Cl)cc3)C2=O)cc1.